The first kappa shape index (κ1) is 12.6. The molecule has 1 saturated carbocycles. The van der Waals surface area contributed by atoms with Crippen molar-refractivity contribution in [1.82, 2.24) is 4.90 Å². The lowest BCUT2D eigenvalue weighted by Crippen LogP contribution is -2.36. The first-order valence-corrected chi connectivity index (χ1v) is 8.27. The molecule has 1 aliphatic carbocycles. The van der Waals surface area contributed by atoms with Crippen LogP contribution in [0.4, 0.5) is 0 Å². The van der Waals surface area contributed by atoms with Crippen LogP contribution in [0.25, 0.3) is 0 Å². The summed E-state index contributed by atoms with van der Waals surface area (Å²) < 4.78 is 0. The van der Waals surface area contributed by atoms with Crippen LogP contribution in [-0.4, -0.2) is 29.4 Å². The molecule has 1 aromatic rings. The van der Waals surface area contributed by atoms with E-state index in [0.29, 0.717) is 0 Å². The normalized spacial score (nSPS) is 17.4. The van der Waals surface area contributed by atoms with Crippen LogP contribution in [0.15, 0.2) is 16.8 Å². The standard InChI is InChI=1S/C13H20BrNS/c14-7-9-15(13-3-1-2-4-13)8-5-12-6-10-16-11-12/h6,10-11,13H,1-5,7-9H2. The molecular formula is C13H20BrNS. The average Bonchev–Trinajstić information content (AvgIpc) is 2.96. The van der Waals surface area contributed by atoms with Crippen molar-refractivity contribution in [3.8, 4) is 0 Å². The molecule has 0 bridgehead atoms. The van der Waals surface area contributed by atoms with Gasteiger partial charge in [0.1, 0.15) is 0 Å². The molecule has 0 aromatic carbocycles. The summed E-state index contributed by atoms with van der Waals surface area (Å²) in [4.78, 5) is 2.68. The van der Waals surface area contributed by atoms with Gasteiger partial charge in [0.05, 0.1) is 0 Å². The fourth-order valence-electron chi connectivity index (χ4n) is 2.56. The maximum absolute atomic E-state index is 3.58. The third-order valence-electron chi connectivity index (χ3n) is 3.48. The molecule has 1 heterocycles. The Bertz CT molecular complexity index is 280. The van der Waals surface area contributed by atoms with Gasteiger partial charge in [0.15, 0.2) is 0 Å². The molecule has 1 aromatic heterocycles. The number of alkyl halides is 1. The number of hydrogen-bond donors (Lipinski definition) is 0. The van der Waals surface area contributed by atoms with Gasteiger partial charge in [-0.15, -0.1) is 0 Å². The predicted octanol–water partition coefficient (Wildman–Crippen LogP) is 3.93. The number of halogens is 1. The molecule has 90 valence electrons. The molecule has 0 aliphatic heterocycles. The van der Waals surface area contributed by atoms with Gasteiger partial charge in [-0.2, -0.15) is 11.3 Å². The summed E-state index contributed by atoms with van der Waals surface area (Å²) >= 11 is 5.39. The minimum Gasteiger partial charge on any atom is -0.299 e. The van der Waals surface area contributed by atoms with Crippen LogP contribution in [0, 0.1) is 0 Å². The summed E-state index contributed by atoms with van der Waals surface area (Å²) in [5.41, 5.74) is 1.50. The highest BCUT2D eigenvalue weighted by atomic mass is 79.9. The van der Waals surface area contributed by atoms with E-state index in [1.165, 1.54) is 50.8 Å². The molecule has 0 atom stereocenters. The molecule has 0 saturated heterocycles. The quantitative estimate of drug-likeness (QED) is 0.720. The zero-order valence-electron chi connectivity index (χ0n) is 9.70. The van der Waals surface area contributed by atoms with E-state index < -0.39 is 0 Å². The number of nitrogens with zero attached hydrogens (tertiary/aromatic N) is 1. The smallest absolute Gasteiger partial charge is 0.0159 e. The summed E-state index contributed by atoms with van der Waals surface area (Å²) in [5, 5.41) is 5.56. The highest BCUT2D eigenvalue weighted by Crippen LogP contribution is 2.23. The fraction of sp³-hybridized carbons (Fsp3) is 0.692. The van der Waals surface area contributed by atoms with Crippen LogP contribution in [-0.2, 0) is 6.42 Å². The van der Waals surface area contributed by atoms with Gasteiger partial charge in [-0.1, -0.05) is 28.8 Å². The molecule has 1 aliphatic rings. The lowest BCUT2D eigenvalue weighted by atomic mass is 10.1. The lowest BCUT2D eigenvalue weighted by molar-refractivity contribution is 0.214. The molecule has 1 nitrogen and oxygen atoms in total. The van der Waals surface area contributed by atoms with Crippen LogP contribution >= 0.6 is 27.3 Å². The summed E-state index contributed by atoms with van der Waals surface area (Å²) in [5.74, 6) is 0. The van der Waals surface area contributed by atoms with Crippen LogP contribution in [0.5, 0.6) is 0 Å². The molecule has 2 rings (SSSR count). The van der Waals surface area contributed by atoms with E-state index in [0.717, 1.165) is 11.4 Å². The van der Waals surface area contributed by atoms with Gasteiger partial charge in [0.25, 0.3) is 0 Å². The largest absolute Gasteiger partial charge is 0.299 e. The Morgan fingerprint density at radius 3 is 2.75 bits per heavy atom. The van der Waals surface area contributed by atoms with E-state index >= 15 is 0 Å². The Hall–Kier alpha value is 0.140. The van der Waals surface area contributed by atoms with Crippen LogP contribution in [0.1, 0.15) is 31.2 Å². The summed E-state index contributed by atoms with van der Waals surface area (Å²) in [7, 11) is 0. The zero-order valence-corrected chi connectivity index (χ0v) is 12.1. The van der Waals surface area contributed by atoms with E-state index in [4.69, 9.17) is 0 Å². The monoisotopic (exact) mass is 301 g/mol. The SMILES string of the molecule is BrCCN(CCc1ccsc1)C1CCCC1. The second kappa shape index (κ2) is 6.77. The van der Waals surface area contributed by atoms with Crippen molar-refractivity contribution in [2.45, 2.75) is 38.1 Å². The topological polar surface area (TPSA) is 3.24 Å². The van der Waals surface area contributed by atoms with Crippen LogP contribution in [0.3, 0.4) is 0 Å². The van der Waals surface area contributed by atoms with Crippen LogP contribution < -0.4 is 0 Å². The summed E-state index contributed by atoms with van der Waals surface area (Å²) in [6.45, 7) is 2.43. The Labute approximate surface area is 111 Å². The van der Waals surface area contributed by atoms with Gasteiger partial charge in [-0.25, -0.2) is 0 Å². The maximum Gasteiger partial charge on any atom is 0.0159 e. The number of thiophene rings is 1. The van der Waals surface area contributed by atoms with E-state index in [2.05, 4.69) is 37.7 Å². The predicted molar refractivity (Wildman–Crippen MR) is 75.6 cm³/mol. The second-order valence-electron chi connectivity index (χ2n) is 4.54. The first-order valence-electron chi connectivity index (χ1n) is 6.21. The lowest BCUT2D eigenvalue weighted by Gasteiger charge is -2.27. The first-order chi connectivity index (χ1) is 7.90. The number of hydrogen-bond acceptors (Lipinski definition) is 2. The van der Waals surface area contributed by atoms with Crippen molar-refractivity contribution < 1.29 is 0 Å². The van der Waals surface area contributed by atoms with E-state index in [9.17, 15) is 0 Å². The molecule has 1 fully saturated rings. The second-order valence-corrected chi connectivity index (χ2v) is 6.12. The van der Waals surface area contributed by atoms with E-state index in [1.54, 1.807) is 0 Å². The molecule has 0 radical (unpaired) electrons. The molecule has 0 unspecified atom stereocenters. The minimum atomic E-state index is 0.858. The third-order valence-corrected chi connectivity index (χ3v) is 4.57. The summed E-state index contributed by atoms with van der Waals surface area (Å²) in [6, 6.07) is 3.11. The molecule has 0 spiro atoms. The zero-order chi connectivity index (χ0) is 11.2. The van der Waals surface area contributed by atoms with E-state index in [1.807, 2.05) is 11.3 Å². The average molecular weight is 302 g/mol. The fourth-order valence-corrected chi connectivity index (χ4v) is 3.72. The number of rotatable bonds is 6. The van der Waals surface area contributed by atoms with Crippen LogP contribution in [0.2, 0.25) is 0 Å². The van der Waals surface area contributed by atoms with Gasteiger partial charge in [-0.3, -0.25) is 4.90 Å². The highest BCUT2D eigenvalue weighted by Gasteiger charge is 2.21. The molecule has 0 N–H and O–H groups in total. The van der Waals surface area contributed by atoms with Gasteiger partial charge >= 0.3 is 0 Å². The van der Waals surface area contributed by atoms with Crippen molar-refractivity contribution in [3.05, 3.63) is 22.4 Å². The Kier molecular flexibility index (Phi) is 5.33. The molecule has 0 amide bonds. The third kappa shape index (κ3) is 3.57. The van der Waals surface area contributed by atoms with Gasteiger partial charge < -0.3 is 0 Å². The van der Waals surface area contributed by atoms with Gasteiger partial charge in [-0.05, 0) is 41.7 Å². The molecular weight excluding hydrogens is 282 g/mol. The minimum absolute atomic E-state index is 0.858. The van der Waals surface area contributed by atoms with Gasteiger partial charge in [0, 0.05) is 24.5 Å². The molecule has 3 heteroatoms. The van der Waals surface area contributed by atoms with Crippen molar-refractivity contribution in [2.75, 3.05) is 18.4 Å². The maximum atomic E-state index is 3.58. The van der Waals surface area contributed by atoms with Crippen molar-refractivity contribution in [3.63, 3.8) is 0 Å². The molecule has 16 heavy (non-hydrogen) atoms. The highest BCUT2D eigenvalue weighted by molar-refractivity contribution is 9.09. The van der Waals surface area contributed by atoms with Crippen molar-refractivity contribution in [2.24, 2.45) is 0 Å². The van der Waals surface area contributed by atoms with Gasteiger partial charge in [0.2, 0.25) is 0 Å². The Morgan fingerprint density at radius 1 is 1.31 bits per heavy atom. The Balaban J connectivity index is 1.82. The van der Waals surface area contributed by atoms with E-state index in [-0.39, 0.29) is 0 Å². The summed E-state index contributed by atoms with van der Waals surface area (Å²) in [6.07, 6.45) is 6.91. The van der Waals surface area contributed by atoms with Crippen molar-refractivity contribution >= 4 is 27.3 Å². The van der Waals surface area contributed by atoms with Crippen molar-refractivity contribution in [1.29, 1.82) is 0 Å². The Morgan fingerprint density at radius 2 is 2.12 bits per heavy atom.